The van der Waals surface area contributed by atoms with Crippen LogP contribution in [0.2, 0.25) is 5.02 Å². The lowest BCUT2D eigenvalue weighted by molar-refractivity contribution is -0.124. The predicted molar refractivity (Wildman–Crippen MR) is 75.9 cm³/mol. The van der Waals surface area contributed by atoms with Crippen molar-refractivity contribution >= 4 is 29.3 Å². The number of thioether (sulfide) groups is 1. The average Bonchev–Trinajstić information content (AvgIpc) is 2.77. The van der Waals surface area contributed by atoms with Gasteiger partial charge in [0.2, 0.25) is 5.91 Å². The van der Waals surface area contributed by atoms with Crippen molar-refractivity contribution < 1.29 is 4.79 Å². The molecule has 1 aromatic carbocycles. The first-order valence-electron chi connectivity index (χ1n) is 5.97. The van der Waals surface area contributed by atoms with Crippen LogP contribution >= 0.6 is 23.4 Å². The molecule has 2 rings (SSSR count). The lowest BCUT2D eigenvalue weighted by atomic mass is 9.97. The first-order chi connectivity index (χ1) is 8.55. The van der Waals surface area contributed by atoms with Crippen molar-refractivity contribution in [1.29, 1.82) is 0 Å². The van der Waals surface area contributed by atoms with Crippen LogP contribution in [0.5, 0.6) is 0 Å². The molecule has 0 spiro atoms. The van der Waals surface area contributed by atoms with Crippen molar-refractivity contribution in [1.82, 2.24) is 5.32 Å². The number of hydrogen-bond donors (Lipinski definition) is 2. The van der Waals surface area contributed by atoms with E-state index in [2.05, 4.69) is 5.32 Å². The topological polar surface area (TPSA) is 55.1 Å². The van der Waals surface area contributed by atoms with E-state index in [1.807, 2.05) is 24.3 Å². The number of primary amides is 1. The Morgan fingerprint density at radius 3 is 2.67 bits per heavy atom. The number of amides is 1. The number of carbonyl (C=O) groups is 1. The Morgan fingerprint density at radius 2 is 2.17 bits per heavy atom. The standard InChI is InChI=1S/C13H17ClN2OS/c1-16-13(12(15)17)7-6-11(8-13)18-10-4-2-9(14)3-5-10/h2-5,11,16H,6-8H2,1H3,(H2,15,17). The van der Waals surface area contributed by atoms with E-state index in [4.69, 9.17) is 17.3 Å². The van der Waals surface area contributed by atoms with E-state index < -0.39 is 5.54 Å². The summed E-state index contributed by atoms with van der Waals surface area (Å²) in [5, 5.41) is 4.26. The maximum Gasteiger partial charge on any atom is 0.237 e. The average molecular weight is 285 g/mol. The molecule has 1 saturated carbocycles. The van der Waals surface area contributed by atoms with E-state index in [0.717, 1.165) is 24.3 Å². The summed E-state index contributed by atoms with van der Waals surface area (Å²) in [5.41, 5.74) is 4.97. The highest BCUT2D eigenvalue weighted by molar-refractivity contribution is 8.00. The predicted octanol–water partition coefficient (Wildman–Crippen LogP) is 2.43. The smallest absolute Gasteiger partial charge is 0.237 e. The molecule has 1 fully saturated rings. The SMILES string of the molecule is CNC1(C(N)=O)CCC(Sc2ccc(Cl)cc2)C1. The van der Waals surface area contributed by atoms with Crippen LogP contribution < -0.4 is 11.1 Å². The summed E-state index contributed by atoms with van der Waals surface area (Å²) in [6.45, 7) is 0. The van der Waals surface area contributed by atoms with Crippen LogP contribution in [0.1, 0.15) is 19.3 Å². The van der Waals surface area contributed by atoms with Crippen LogP contribution in [0.3, 0.4) is 0 Å². The highest BCUT2D eigenvalue weighted by atomic mass is 35.5. The molecule has 18 heavy (non-hydrogen) atoms. The Kier molecular flexibility index (Phi) is 4.20. The number of nitrogens with two attached hydrogens (primary N) is 1. The van der Waals surface area contributed by atoms with Crippen molar-refractivity contribution in [2.45, 2.75) is 34.9 Å². The third kappa shape index (κ3) is 2.82. The summed E-state index contributed by atoms with van der Waals surface area (Å²) in [6, 6.07) is 7.80. The van der Waals surface area contributed by atoms with E-state index in [9.17, 15) is 4.79 Å². The molecule has 0 aromatic heterocycles. The van der Waals surface area contributed by atoms with Crippen molar-refractivity contribution in [3.8, 4) is 0 Å². The third-order valence-corrected chi connectivity index (χ3v) is 5.07. The minimum atomic E-state index is -0.524. The molecule has 3 N–H and O–H groups in total. The fraction of sp³-hybridized carbons (Fsp3) is 0.462. The minimum absolute atomic E-state index is 0.246. The molecule has 98 valence electrons. The van der Waals surface area contributed by atoms with Gasteiger partial charge in [-0.25, -0.2) is 0 Å². The number of rotatable bonds is 4. The number of halogens is 1. The number of nitrogens with one attached hydrogen (secondary N) is 1. The highest BCUT2D eigenvalue weighted by Crippen LogP contribution is 2.40. The number of hydrogen-bond acceptors (Lipinski definition) is 3. The van der Waals surface area contributed by atoms with Crippen molar-refractivity contribution in [3.05, 3.63) is 29.3 Å². The summed E-state index contributed by atoms with van der Waals surface area (Å²) in [5.74, 6) is -0.246. The van der Waals surface area contributed by atoms with Crippen LogP contribution in [0.4, 0.5) is 0 Å². The number of benzene rings is 1. The van der Waals surface area contributed by atoms with Gasteiger partial charge in [-0.05, 0) is 50.6 Å². The molecule has 0 radical (unpaired) electrons. The molecule has 1 aliphatic carbocycles. The van der Waals surface area contributed by atoms with Gasteiger partial charge in [0.1, 0.15) is 0 Å². The third-order valence-electron chi connectivity index (χ3n) is 3.54. The normalized spacial score (nSPS) is 27.3. The van der Waals surface area contributed by atoms with Crippen molar-refractivity contribution in [2.24, 2.45) is 5.73 Å². The van der Waals surface area contributed by atoms with Crippen LogP contribution in [0.25, 0.3) is 0 Å². The maximum atomic E-state index is 11.5. The molecule has 0 aliphatic heterocycles. The minimum Gasteiger partial charge on any atom is -0.368 e. The monoisotopic (exact) mass is 284 g/mol. The highest BCUT2D eigenvalue weighted by Gasteiger charge is 2.42. The van der Waals surface area contributed by atoms with Crippen LogP contribution in [-0.2, 0) is 4.79 Å². The fourth-order valence-electron chi connectivity index (χ4n) is 2.38. The Morgan fingerprint density at radius 1 is 1.50 bits per heavy atom. The molecule has 0 bridgehead atoms. The molecular weight excluding hydrogens is 268 g/mol. The Bertz CT molecular complexity index is 437. The van der Waals surface area contributed by atoms with Gasteiger partial charge in [0, 0.05) is 15.2 Å². The zero-order valence-corrected chi connectivity index (χ0v) is 11.9. The molecule has 2 unspecified atom stereocenters. The molecule has 0 heterocycles. The summed E-state index contributed by atoms with van der Waals surface area (Å²) in [4.78, 5) is 12.7. The number of likely N-dealkylation sites (N-methyl/N-ethyl adjacent to an activating group) is 1. The van der Waals surface area contributed by atoms with Gasteiger partial charge in [-0.1, -0.05) is 11.6 Å². The van der Waals surface area contributed by atoms with Gasteiger partial charge in [0.15, 0.2) is 0 Å². The zero-order chi connectivity index (χ0) is 13.2. The van der Waals surface area contributed by atoms with Crippen LogP contribution in [-0.4, -0.2) is 23.7 Å². The van der Waals surface area contributed by atoms with E-state index >= 15 is 0 Å². The second kappa shape index (κ2) is 5.51. The quantitative estimate of drug-likeness (QED) is 0.893. The van der Waals surface area contributed by atoms with E-state index in [1.54, 1.807) is 18.8 Å². The summed E-state index contributed by atoms with van der Waals surface area (Å²) in [6.07, 6.45) is 2.59. The molecule has 1 aromatic rings. The molecule has 2 atom stereocenters. The Labute approximate surface area is 116 Å². The van der Waals surface area contributed by atoms with Crippen LogP contribution in [0.15, 0.2) is 29.2 Å². The van der Waals surface area contributed by atoms with E-state index in [1.165, 1.54) is 4.90 Å². The van der Waals surface area contributed by atoms with E-state index in [0.29, 0.717) is 5.25 Å². The second-order valence-electron chi connectivity index (χ2n) is 4.63. The van der Waals surface area contributed by atoms with Crippen molar-refractivity contribution in [3.63, 3.8) is 0 Å². The number of carbonyl (C=O) groups excluding carboxylic acids is 1. The van der Waals surface area contributed by atoms with Crippen LogP contribution in [0, 0.1) is 0 Å². The van der Waals surface area contributed by atoms with Gasteiger partial charge >= 0.3 is 0 Å². The Hall–Kier alpha value is -0.710. The van der Waals surface area contributed by atoms with Gasteiger partial charge in [-0.3, -0.25) is 4.79 Å². The summed E-state index contributed by atoms with van der Waals surface area (Å²) < 4.78 is 0. The maximum absolute atomic E-state index is 11.5. The molecule has 3 nitrogen and oxygen atoms in total. The molecular formula is C13H17ClN2OS. The van der Waals surface area contributed by atoms with Gasteiger partial charge in [-0.15, -0.1) is 11.8 Å². The van der Waals surface area contributed by atoms with Gasteiger partial charge in [-0.2, -0.15) is 0 Å². The lowest BCUT2D eigenvalue weighted by Gasteiger charge is -2.24. The molecule has 5 heteroatoms. The largest absolute Gasteiger partial charge is 0.368 e. The molecule has 1 aliphatic rings. The Balaban J connectivity index is 2.01. The van der Waals surface area contributed by atoms with E-state index in [-0.39, 0.29) is 5.91 Å². The second-order valence-corrected chi connectivity index (χ2v) is 6.44. The summed E-state index contributed by atoms with van der Waals surface area (Å²) in [7, 11) is 1.81. The van der Waals surface area contributed by atoms with Crippen molar-refractivity contribution in [2.75, 3.05) is 7.05 Å². The first-order valence-corrected chi connectivity index (χ1v) is 7.22. The summed E-state index contributed by atoms with van der Waals surface area (Å²) >= 11 is 7.65. The first kappa shape index (κ1) is 13.7. The van der Waals surface area contributed by atoms with Gasteiger partial charge < -0.3 is 11.1 Å². The molecule has 1 amide bonds. The molecule has 0 saturated heterocycles. The fourth-order valence-corrected chi connectivity index (χ4v) is 3.79. The van der Waals surface area contributed by atoms with Gasteiger partial charge in [0.05, 0.1) is 5.54 Å². The van der Waals surface area contributed by atoms with Gasteiger partial charge in [0.25, 0.3) is 0 Å². The lowest BCUT2D eigenvalue weighted by Crippen LogP contribution is -2.52. The zero-order valence-electron chi connectivity index (χ0n) is 10.3.